The molecule has 0 amide bonds. The Bertz CT molecular complexity index is 1150. The van der Waals surface area contributed by atoms with Crippen LogP contribution in [0.1, 0.15) is 25.8 Å². The van der Waals surface area contributed by atoms with Crippen molar-refractivity contribution in [3.63, 3.8) is 0 Å². The monoisotopic (exact) mass is 430 g/mol. The summed E-state index contributed by atoms with van der Waals surface area (Å²) in [6.07, 6.45) is 14.0. The van der Waals surface area contributed by atoms with Crippen LogP contribution in [0.25, 0.3) is 11.4 Å². The molecule has 1 unspecified atom stereocenters. The van der Waals surface area contributed by atoms with E-state index in [2.05, 4.69) is 35.1 Å². The van der Waals surface area contributed by atoms with Crippen molar-refractivity contribution in [1.82, 2.24) is 24.8 Å². The van der Waals surface area contributed by atoms with E-state index >= 15 is 0 Å². The van der Waals surface area contributed by atoms with Crippen molar-refractivity contribution < 1.29 is 5.21 Å². The molecule has 0 radical (unpaired) electrons. The summed E-state index contributed by atoms with van der Waals surface area (Å²) >= 11 is 0. The quantitative estimate of drug-likeness (QED) is 0.414. The van der Waals surface area contributed by atoms with Gasteiger partial charge in [-0.3, -0.25) is 20.6 Å². The van der Waals surface area contributed by atoms with Gasteiger partial charge in [0.1, 0.15) is 12.2 Å². The Labute approximate surface area is 186 Å². The highest BCUT2D eigenvalue weighted by Gasteiger charge is 2.28. The van der Waals surface area contributed by atoms with Crippen LogP contribution in [0.15, 0.2) is 76.7 Å². The molecular formula is C23H26N8O. The molecule has 2 N–H and O–H groups in total. The molecule has 1 aromatic heterocycles. The molecule has 32 heavy (non-hydrogen) atoms. The van der Waals surface area contributed by atoms with Gasteiger partial charge in [0.15, 0.2) is 11.7 Å². The van der Waals surface area contributed by atoms with Gasteiger partial charge in [0.05, 0.1) is 18.3 Å². The van der Waals surface area contributed by atoms with Crippen molar-refractivity contribution in [2.45, 2.75) is 31.8 Å². The second kappa shape index (κ2) is 8.43. The van der Waals surface area contributed by atoms with Crippen LogP contribution in [0.3, 0.4) is 0 Å². The Balaban J connectivity index is 1.30. The van der Waals surface area contributed by atoms with Crippen LogP contribution in [-0.4, -0.2) is 61.3 Å². The van der Waals surface area contributed by atoms with E-state index < -0.39 is 0 Å². The van der Waals surface area contributed by atoms with Crippen LogP contribution in [0, 0.1) is 0 Å². The predicted molar refractivity (Wildman–Crippen MR) is 124 cm³/mol. The van der Waals surface area contributed by atoms with E-state index in [4.69, 9.17) is 0 Å². The summed E-state index contributed by atoms with van der Waals surface area (Å²) in [5.41, 5.74) is 5.71. The smallest absolute Gasteiger partial charge is 0.171 e. The van der Waals surface area contributed by atoms with Gasteiger partial charge in [-0.2, -0.15) is 0 Å². The fourth-order valence-corrected chi connectivity index (χ4v) is 3.97. The largest absolute Gasteiger partial charge is 0.324 e. The molecule has 0 spiro atoms. The number of hydroxylamine groups is 1. The van der Waals surface area contributed by atoms with E-state index in [1.807, 2.05) is 61.7 Å². The van der Waals surface area contributed by atoms with Gasteiger partial charge in [0, 0.05) is 24.9 Å². The zero-order valence-electron chi connectivity index (χ0n) is 18.1. The number of nitrogens with zero attached hydrogens (tertiary/aromatic N) is 7. The standard InChI is InChI=1S/C23H26N8O/c1-16(20-14-25-21-8-3-4-11-29(20)21)12-22(24-2)31(32)28-18-7-5-6-17(13-18)23-27-26-15-30(23)19-9-10-19/h3-8,11-13,15,19-20,28,32H,9-10,14H2,1-2H3/b16-12+,24-22+. The fraction of sp³-hybridized carbons (Fsp3) is 0.304. The number of hydrazine groups is 1. The minimum atomic E-state index is 0.105. The van der Waals surface area contributed by atoms with E-state index in [0.29, 0.717) is 18.4 Å². The number of benzene rings is 1. The van der Waals surface area contributed by atoms with Crippen molar-refractivity contribution in [3.8, 4) is 11.4 Å². The average molecular weight is 431 g/mol. The summed E-state index contributed by atoms with van der Waals surface area (Å²) < 4.78 is 2.11. The molecule has 1 aliphatic carbocycles. The van der Waals surface area contributed by atoms with Crippen LogP contribution in [0.4, 0.5) is 5.69 Å². The Morgan fingerprint density at radius 1 is 1.31 bits per heavy atom. The third kappa shape index (κ3) is 3.94. The van der Waals surface area contributed by atoms with Gasteiger partial charge < -0.3 is 9.47 Å². The number of aliphatic imine (C=N–C) groups is 2. The van der Waals surface area contributed by atoms with Crippen molar-refractivity contribution in [3.05, 3.63) is 66.7 Å². The summed E-state index contributed by atoms with van der Waals surface area (Å²) in [5, 5.41) is 20.0. The predicted octanol–water partition coefficient (Wildman–Crippen LogP) is 3.44. The lowest BCUT2D eigenvalue weighted by Gasteiger charge is -2.26. The maximum atomic E-state index is 10.7. The summed E-state index contributed by atoms with van der Waals surface area (Å²) in [6, 6.07) is 8.34. The van der Waals surface area contributed by atoms with Crippen LogP contribution < -0.4 is 5.43 Å². The molecule has 1 fully saturated rings. The molecule has 2 aliphatic heterocycles. The average Bonchev–Trinajstić information content (AvgIpc) is 3.37. The first kappa shape index (κ1) is 20.2. The molecule has 164 valence electrons. The molecule has 3 aliphatic rings. The SMILES string of the molecule is C/N=C(\C=C(/C)C1CN=C2C=CC=CN21)N(O)Nc1cccc(-c2nncn2C2CC2)c1. The number of rotatable bonds is 6. The summed E-state index contributed by atoms with van der Waals surface area (Å²) in [7, 11) is 1.65. The highest BCUT2D eigenvalue weighted by atomic mass is 16.5. The molecule has 3 heterocycles. The Hall–Kier alpha value is -3.72. The first-order valence-corrected chi connectivity index (χ1v) is 10.7. The highest BCUT2D eigenvalue weighted by Crippen LogP contribution is 2.37. The number of fused-ring (bicyclic) bond motifs is 1. The normalized spacial score (nSPS) is 20.4. The lowest BCUT2D eigenvalue weighted by molar-refractivity contribution is 0.0132. The number of hydrogen-bond donors (Lipinski definition) is 2. The third-order valence-corrected chi connectivity index (χ3v) is 5.83. The zero-order chi connectivity index (χ0) is 22.1. The molecular weight excluding hydrogens is 404 g/mol. The number of anilines is 1. The minimum absolute atomic E-state index is 0.105. The van der Waals surface area contributed by atoms with E-state index in [-0.39, 0.29) is 6.04 Å². The summed E-state index contributed by atoms with van der Waals surface area (Å²) in [6.45, 7) is 2.70. The van der Waals surface area contributed by atoms with Crippen molar-refractivity contribution >= 4 is 17.4 Å². The van der Waals surface area contributed by atoms with Gasteiger partial charge in [0.2, 0.25) is 0 Å². The molecule has 9 heteroatoms. The van der Waals surface area contributed by atoms with Gasteiger partial charge in [-0.25, -0.2) is 0 Å². The fourth-order valence-electron chi connectivity index (χ4n) is 3.97. The number of allylic oxidation sites excluding steroid dienone is 2. The molecule has 1 saturated carbocycles. The van der Waals surface area contributed by atoms with E-state index in [1.54, 1.807) is 13.4 Å². The van der Waals surface area contributed by atoms with Gasteiger partial charge in [-0.05, 0) is 55.7 Å². The van der Waals surface area contributed by atoms with Crippen LogP contribution in [-0.2, 0) is 0 Å². The molecule has 5 rings (SSSR count). The first-order chi connectivity index (χ1) is 15.6. The molecule has 0 saturated heterocycles. The number of nitrogens with one attached hydrogen (secondary N) is 1. The van der Waals surface area contributed by atoms with Gasteiger partial charge >= 0.3 is 0 Å². The van der Waals surface area contributed by atoms with Crippen molar-refractivity contribution in [1.29, 1.82) is 0 Å². The zero-order valence-corrected chi connectivity index (χ0v) is 18.1. The number of aromatic nitrogens is 3. The van der Waals surface area contributed by atoms with E-state index in [0.717, 1.165) is 46.5 Å². The van der Waals surface area contributed by atoms with Crippen LogP contribution >= 0.6 is 0 Å². The van der Waals surface area contributed by atoms with Crippen molar-refractivity contribution in [2.24, 2.45) is 9.98 Å². The van der Waals surface area contributed by atoms with Gasteiger partial charge in [0.25, 0.3) is 0 Å². The molecule has 0 bridgehead atoms. The number of hydrogen-bond acceptors (Lipinski definition) is 7. The molecule has 1 aromatic carbocycles. The Morgan fingerprint density at radius 3 is 3.00 bits per heavy atom. The Kier molecular flexibility index (Phi) is 5.32. The lowest BCUT2D eigenvalue weighted by Crippen LogP contribution is -2.35. The third-order valence-electron chi connectivity index (χ3n) is 5.83. The highest BCUT2D eigenvalue weighted by molar-refractivity contribution is 5.97. The number of amidine groups is 2. The maximum Gasteiger partial charge on any atom is 0.171 e. The van der Waals surface area contributed by atoms with Gasteiger partial charge in [-0.15, -0.1) is 15.4 Å². The first-order valence-electron chi connectivity index (χ1n) is 10.7. The van der Waals surface area contributed by atoms with E-state index in [9.17, 15) is 5.21 Å². The van der Waals surface area contributed by atoms with Crippen LogP contribution in [0.5, 0.6) is 0 Å². The summed E-state index contributed by atoms with van der Waals surface area (Å²) in [4.78, 5) is 11.0. The molecule has 2 aromatic rings. The second-order valence-corrected chi connectivity index (χ2v) is 8.09. The lowest BCUT2D eigenvalue weighted by atomic mass is 10.1. The van der Waals surface area contributed by atoms with Gasteiger partial charge in [-0.1, -0.05) is 18.2 Å². The Morgan fingerprint density at radius 2 is 2.19 bits per heavy atom. The molecule has 9 nitrogen and oxygen atoms in total. The minimum Gasteiger partial charge on any atom is -0.324 e. The van der Waals surface area contributed by atoms with E-state index in [1.165, 1.54) is 0 Å². The topological polar surface area (TPSA) is 94.2 Å². The molecule has 1 atom stereocenters. The maximum absolute atomic E-state index is 10.7. The summed E-state index contributed by atoms with van der Waals surface area (Å²) in [5.74, 6) is 2.19. The van der Waals surface area contributed by atoms with Crippen LogP contribution in [0.2, 0.25) is 0 Å². The second-order valence-electron chi connectivity index (χ2n) is 8.09. The van der Waals surface area contributed by atoms with Crippen molar-refractivity contribution in [2.75, 3.05) is 19.0 Å².